The maximum absolute atomic E-state index is 12.5. The van der Waals surface area contributed by atoms with Crippen molar-refractivity contribution in [1.82, 2.24) is 10.6 Å². The Morgan fingerprint density at radius 1 is 1.07 bits per heavy atom. The first-order chi connectivity index (χ1) is 13.5. The number of carbonyl (C=O) groups is 3. The van der Waals surface area contributed by atoms with Gasteiger partial charge in [0.1, 0.15) is 12.1 Å². The molecule has 142 valence electrons. The predicted octanol–water partition coefficient (Wildman–Crippen LogP) is 1.78. The first kappa shape index (κ1) is 18.0. The molecule has 1 aliphatic rings. The summed E-state index contributed by atoms with van der Waals surface area (Å²) in [6, 6.07) is 16.5. The number of benzene rings is 3. The van der Waals surface area contributed by atoms with Crippen LogP contribution in [0.15, 0.2) is 54.6 Å². The van der Waals surface area contributed by atoms with Crippen molar-refractivity contribution in [1.29, 1.82) is 0 Å². The fraction of sp³-hybridized carbons (Fsp3) is 0.227. The zero-order valence-corrected chi connectivity index (χ0v) is 15.3. The molecule has 3 aromatic rings. The minimum absolute atomic E-state index is 0.157. The second kappa shape index (κ2) is 7.31. The van der Waals surface area contributed by atoms with Crippen LogP contribution in [-0.4, -0.2) is 29.8 Å². The van der Waals surface area contributed by atoms with Crippen LogP contribution < -0.4 is 16.4 Å². The van der Waals surface area contributed by atoms with Gasteiger partial charge in [0.05, 0.1) is 0 Å². The maximum Gasteiger partial charge on any atom is 0.243 e. The van der Waals surface area contributed by atoms with Crippen molar-refractivity contribution in [2.24, 2.45) is 5.73 Å². The lowest BCUT2D eigenvalue weighted by Gasteiger charge is -2.20. The first-order valence-electron chi connectivity index (χ1n) is 9.31. The Morgan fingerprint density at radius 2 is 1.68 bits per heavy atom. The van der Waals surface area contributed by atoms with E-state index in [9.17, 15) is 14.4 Å². The summed E-state index contributed by atoms with van der Waals surface area (Å²) in [5.41, 5.74) is 6.57. The Bertz CT molecular complexity index is 1040. The van der Waals surface area contributed by atoms with Crippen LogP contribution in [0.2, 0.25) is 0 Å². The second-order valence-electron chi connectivity index (χ2n) is 7.12. The van der Waals surface area contributed by atoms with Crippen molar-refractivity contribution in [2.75, 3.05) is 0 Å². The van der Waals surface area contributed by atoms with E-state index in [1.165, 1.54) is 0 Å². The molecular weight excluding hydrogens is 354 g/mol. The third-order valence-corrected chi connectivity index (χ3v) is 5.26. The molecule has 4 rings (SSSR count). The van der Waals surface area contributed by atoms with E-state index >= 15 is 0 Å². The van der Waals surface area contributed by atoms with Crippen molar-refractivity contribution in [3.05, 3.63) is 60.2 Å². The van der Waals surface area contributed by atoms with Gasteiger partial charge in [-0.3, -0.25) is 14.4 Å². The molecule has 3 amide bonds. The van der Waals surface area contributed by atoms with E-state index in [1.54, 1.807) is 0 Å². The van der Waals surface area contributed by atoms with Gasteiger partial charge in [-0.25, -0.2) is 0 Å². The summed E-state index contributed by atoms with van der Waals surface area (Å²) in [4.78, 5) is 36.0. The molecule has 1 fully saturated rings. The molecule has 6 heteroatoms. The van der Waals surface area contributed by atoms with Gasteiger partial charge in [0.15, 0.2) is 0 Å². The minimum Gasteiger partial charge on any atom is -0.368 e. The van der Waals surface area contributed by atoms with Crippen molar-refractivity contribution >= 4 is 39.3 Å². The molecule has 0 unspecified atom stereocenters. The average molecular weight is 375 g/mol. The fourth-order valence-electron chi connectivity index (χ4n) is 3.84. The van der Waals surface area contributed by atoms with Crippen LogP contribution in [-0.2, 0) is 20.8 Å². The van der Waals surface area contributed by atoms with Gasteiger partial charge in [0, 0.05) is 12.8 Å². The number of fused-ring (bicyclic) bond motifs is 2. The average Bonchev–Trinajstić information content (AvgIpc) is 3.13. The molecule has 4 N–H and O–H groups in total. The van der Waals surface area contributed by atoms with Gasteiger partial charge in [0.25, 0.3) is 0 Å². The van der Waals surface area contributed by atoms with Crippen LogP contribution in [0.5, 0.6) is 0 Å². The quantitative estimate of drug-likeness (QED) is 0.593. The monoisotopic (exact) mass is 375 g/mol. The molecule has 3 aromatic carbocycles. The fourth-order valence-corrected chi connectivity index (χ4v) is 3.84. The van der Waals surface area contributed by atoms with Crippen LogP contribution >= 0.6 is 0 Å². The topological polar surface area (TPSA) is 101 Å². The highest BCUT2D eigenvalue weighted by atomic mass is 16.2. The van der Waals surface area contributed by atoms with Gasteiger partial charge < -0.3 is 16.4 Å². The van der Waals surface area contributed by atoms with E-state index in [0.717, 1.165) is 27.1 Å². The van der Waals surface area contributed by atoms with Crippen LogP contribution in [0.1, 0.15) is 18.4 Å². The molecule has 2 atom stereocenters. The number of nitrogens with two attached hydrogens (primary N) is 1. The SMILES string of the molecule is NC(=O)[C@@H](Cc1c2ccccc2cc2ccccc12)NC(=O)[C@H]1CCC(=O)N1. The number of rotatable bonds is 5. The summed E-state index contributed by atoms with van der Waals surface area (Å²) in [6.07, 6.45) is 1.02. The number of hydrogen-bond acceptors (Lipinski definition) is 3. The summed E-state index contributed by atoms with van der Waals surface area (Å²) in [5, 5.41) is 9.52. The Morgan fingerprint density at radius 3 is 2.21 bits per heavy atom. The van der Waals surface area contributed by atoms with Crippen molar-refractivity contribution in [3.63, 3.8) is 0 Å². The molecule has 0 saturated carbocycles. The molecule has 0 aromatic heterocycles. The molecule has 0 radical (unpaired) electrons. The standard InChI is InChI=1S/C22H21N3O3/c23-21(27)19(25-22(28)18-9-10-20(26)24-18)12-17-15-7-3-1-5-13(15)11-14-6-2-4-8-16(14)17/h1-8,11,18-19H,9-10,12H2,(H2,23,27)(H,24,26)(H,25,28)/t18-,19-/m1/s1. The van der Waals surface area contributed by atoms with Gasteiger partial charge in [-0.1, -0.05) is 48.5 Å². The highest BCUT2D eigenvalue weighted by molar-refractivity contribution is 6.03. The first-order valence-corrected chi connectivity index (χ1v) is 9.31. The van der Waals surface area contributed by atoms with Gasteiger partial charge in [-0.15, -0.1) is 0 Å². The maximum atomic E-state index is 12.5. The summed E-state index contributed by atoms with van der Waals surface area (Å²) in [6.45, 7) is 0. The Kier molecular flexibility index (Phi) is 4.69. The van der Waals surface area contributed by atoms with Crippen LogP contribution in [0.25, 0.3) is 21.5 Å². The Balaban J connectivity index is 1.70. The molecule has 1 aliphatic heterocycles. The second-order valence-corrected chi connectivity index (χ2v) is 7.12. The van der Waals surface area contributed by atoms with Gasteiger partial charge in [0.2, 0.25) is 17.7 Å². The van der Waals surface area contributed by atoms with E-state index in [4.69, 9.17) is 5.73 Å². The van der Waals surface area contributed by atoms with E-state index in [2.05, 4.69) is 16.7 Å². The van der Waals surface area contributed by atoms with Crippen LogP contribution in [0.3, 0.4) is 0 Å². The molecule has 1 heterocycles. The van der Waals surface area contributed by atoms with Crippen molar-refractivity contribution in [3.8, 4) is 0 Å². The lowest BCUT2D eigenvalue weighted by molar-refractivity contribution is -0.129. The summed E-state index contributed by atoms with van der Waals surface area (Å²) in [7, 11) is 0. The highest BCUT2D eigenvalue weighted by Gasteiger charge is 2.30. The Hall–Kier alpha value is -3.41. The molecule has 28 heavy (non-hydrogen) atoms. The van der Waals surface area contributed by atoms with Crippen molar-refractivity contribution in [2.45, 2.75) is 31.3 Å². The summed E-state index contributed by atoms with van der Waals surface area (Å²) < 4.78 is 0. The van der Waals surface area contributed by atoms with E-state index in [-0.39, 0.29) is 18.2 Å². The Labute approximate surface area is 162 Å². The largest absolute Gasteiger partial charge is 0.368 e. The van der Waals surface area contributed by atoms with E-state index in [0.29, 0.717) is 12.8 Å². The molecule has 6 nitrogen and oxygen atoms in total. The normalized spacial score (nSPS) is 17.4. The molecule has 0 aliphatic carbocycles. The number of primary amides is 1. The summed E-state index contributed by atoms with van der Waals surface area (Å²) in [5.74, 6) is -1.13. The molecule has 0 bridgehead atoms. The number of nitrogens with one attached hydrogen (secondary N) is 2. The zero-order chi connectivity index (χ0) is 19.7. The summed E-state index contributed by atoms with van der Waals surface area (Å²) >= 11 is 0. The smallest absolute Gasteiger partial charge is 0.243 e. The number of amides is 3. The van der Waals surface area contributed by atoms with Gasteiger partial charge in [-0.05, 0) is 39.6 Å². The number of carbonyl (C=O) groups excluding carboxylic acids is 3. The van der Waals surface area contributed by atoms with Crippen LogP contribution in [0, 0.1) is 0 Å². The third kappa shape index (κ3) is 3.41. The van der Waals surface area contributed by atoms with E-state index in [1.807, 2.05) is 48.5 Å². The van der Waals surface area contributed by atoms with Crippen LogP contribution in [0.4, 0.5) is 0 Å². The molecule has 0 spiro atoms. The number of hydrogen-bond donors (Lipinski definition) is 3. The van der Waals surface area contributed by atoms with E-state index < -0.39 is 18.0 Å². The highest BCUT2D eigenvalue weighted by Crippen LogP contribution is 2.29. The predicted molar refractivity (Wildman–Crippen MR) is 107 cm³/mol. The van der Waals surface area contributed by atoms with Crippen molar-refractivity contribution < 1.29 is 14.4 Å². The third-order valence-electron chi connectivity index (χ3n) is 5.26. The van der Waals surface area contributed by atoms with Gasteiger partial charge in [-0.2, -0.15) is 0 Å². The lowest BCUT2D eigenvalue weighted by atomic mass is 9.92. The molecular formula is C22H21N3O3. The zero-order valence-electron chi connectivity index (χ0n) is 15.3. The van der Waals surface area contributed by atoms with Gasteiger partial charge >= 0.3 is 0 Å². The lowest BCUT2D eigenvalue weighted by Crippen LogP contribution is -2.51. The molecule has 1 saturated heterocycles. The minimum atomic E-state index is -0.862.